The number of benzene rings is 2. The highest BCUT2D eigenvalue weighted by molar-refractivity contribution is 7.80. The second-order valence-corrected chi connectivity index (χ2v) is 11.2. The Balaban J connectivity index is 1.45. The Hall–Kier alpha value is -4.17. The van der Waals surface area contributed by atoms with Gasteiger partial charge in [0.25, 0.3) is 0 Å². The molecule has 0 spiro atoms. The van der Waals surface area contributed by atoms with Gasteiger partial charge in [-0.1, -0.05) is 18.2 Å². The van der Waals surface area contributed by atoms with Crippen molar-refractivity contribution in [2.24, 2.45) is 0 Å². The monoisotopic (exact) mass is 580 g/mol. The van der Waals surface area contributed by atoms with E-state index in [-0.39, 0.29) is 18.0 Å². The second-order valence-electron chi connectivity index (χ2n) is 10.8. The summed E-state index contributed by atoms with van der Waals surface area (Å²) in [5.41, 5.74) is 8.64. The number of nitrogens with one attached hydrogen (secondary N) is 2. The van der Waals surface area contributed by atoms with Crippen LogP contribution in [0.1, 0.15) is 60.6 Å². The quantitative estimate of drug-likeness (QED) is 0.205. The van der Waals surface area contributed by atoms with Crippen LogP contribution in [-0.2, 0) is 4.79 Å². The molecule has 0 aliphatic carbocycles. The van der Waals surface area contributed by atoms with E-state index in [0.29, 0.717) is 18.1 Å². The van der Waals surface area contributed by atoms with E-state index in [1.165, 1.54) is 11.3 Å². The van der Waals surface area contributed by atoms with Crippen molar-refractivity contribution in [3.05, 3.63) is 107 Å². The predicted molar refractivity (Wildman–Crippen MR) is 175 cm³/mol. The van der Waals surface area contributed by atoms with Crippen molar-refractivity contribution in [1.29, 1.82) is 0 Å². The van der Waals surface area contributed by atoms with Crippen LogP contribution in [0, 0.1) is 20.8 Å². The number of pyridine rings is 1. The molecule has 2 N–H and O–H groups in total. The first kappa shape index (κ1) is 29.3. The van der Waals surface area contributed by atoms with Gasteiger partial charge in [-0.15, -0.1) is 0 Å². The van der Waals surface area contributed by atoms with Crippen LogP contribution in [0.5, 0.6) is 0 Å². The summed E-state index contributed by atoms with van der Waals surface area (Å²) in [5.74, 6) is -0.0396. The molecule has 3 heterocycles. The number of carbonyl (C=O) groups is 1. The summed E-state index contributed by atoms with van der Waals surface area (Å²) in [4.78, 5) is 22.2. The molecule has 0 bridgehead atoms. The number of nitrogens with zero attached hydrogens (tertiary/aromatic N) is 4. The summed E-state index contributed by atoms with van der Waals surface area (Å²) in [5, 5.41) is 7.20. The summed E-state index contributed by atoms with van der Waals surface area (Å²) in [6.07, 6.45) is 2.13. The molecule has 1 saturated heterocycles. The van der Waals surface area contributed by atoms with E-state index in [9.17, 15) is 4.79 Å². The molecule has 4 aromatic rings. The second kappa shape index (κ2) is 12.8. The first-order valence-electron chi connectivity index (χ1n) is 14.7. The Morgan fingerprint density at radius 3 is 2.43 bits per heavy atom. The number of hydrogen-bond acceptors (Lipinski definition) is 4. The van der Waals surface area contributed by atoms with E-state index in [2.05, 4.69) is 88.0 Å². The first-order chi connectivity index (χ1) is 20.3. The van der Waals surface area contributed by atoms with Crippen LogP contribution in [0.4, 0.5) is 11.4 Å². The SMILES string of the molecule is CCN(CC)c1ccc(-n2c(C)cc([C@H]3[C@H](c4ccccn4)NC(=S)N3CCC(=O)Nc3cccc(C)c3)c2C)cc1. The fourth-order valence-electron chi connectivity index (χ4n) is 6.04. The van der Waals surface area contributed by atoms with Gasteiger partial charge in [0.2, 0.25) is 5.91 Å². The minimum Gasteiger partial charge on any atom is -0.372 e. The summed E-state index contributed by atoms with van der Waals surface area (Å²) in [6, 6.07) is 24.6. The minimum atomic E-state index is -0.141. The highest BCUT2D eigenvalue weighted by atomic mass is 32.1. The lowest BCUT2D eigenvalue weighted by molar-refractivity contribution is -0.116. The molecule has 1 aliphatic heterocycles. The number of thiocarbonyl (C=S) groups is 1. The maximum absolute atomic E-state index is 13.0. The van der Waals surface area contributed by atoms with Crippen molar-refractivity contribution >= 4 is 34.6 Å². The molecule has 1 aliphatic rings. The van der Waals surface area contributed by atoms with Crippen LogP contribution < -0.4 is 15.5 Å². The summed E-state index contributed by atoms with van der Waals surface area (Å²) >= 11 is 5.88. The average Bonchev–Trinajstić information content (AvgIpc) is 3.47. The van der Waals surface area contributed by atoms with Crippen molar-refractivity contribution in [1.82, 2.24) is 19.8 Å². The number of aromatic nitrogens is 2. The molecule has 2 aromatic carbocycles. The van der Waals surface area contributed by atoms with E-state index in [1.807, 2.05) is 55.6 Å². The Bertz CT molecular complexity index is 1540. The average molecular weight is 581 g/mol. The zero-order valence-electron chi connectivity index (χ0n) is 25.1. The fraction of sp³-hybridized carbons (Fsp3) is 0.324. The lowest BCUT2D eigenvalue weighted by atomic mass is 9.96. The normalized spacial score (nSPS) is 16.4. The Morgan fingerprint density at radius 2 is 1.76 bits per heavy atom. The zero-order chi connectivity index (χ0) is 29.8. The van der Waals surface area contributed by atoms with Crippen LogP contribution in [-0.4, -0.2) is 45.1 Å². The van der Waals surface area contributed by atoms with Gasteiger partial charge in [0.1, 0.15) is 0 Å². The highest BCUT2D eigenvalue weighted by Crippen LogP contribution is 2.41. The lowest BCUT2D eigenvalue weighted by Gasteiger charge is -2.28. The fourth-order valence-corrected chi connectivity index (χ4v) is 6.37. The molecule has 1 fully saturated rings. The molecule has 7 nitrogen and oxygen atoms in total. The molecule has 2 atom stereocenters. The third-order valence-corrected chi connectivity index (χ3v) is 8.46. The van der Waals surface area contributed by atoms with Gasteiger partial charge < -0.3 is 25.0 Å². The zero-order valence-corrected chi connectivity index (χ0v) is 25.9. The lowest BCUT2D eigenvalue weighted by Crippen LogP contribution is -2.32. The largest absolute Gasteiger partial charge is 0.372 e. The van der Waals surface area contributed by atoms with E-state index < -0.39 is 0 Å². The molecule has 0 saturated carbocycles. The molecule has 0 unspecified atom stereocenters. The van der Waals surface area contributed by atoms with Gasteiger partial charge in [-0.3, -0.25) is 9.78 Å². The van der Waals surface area contributed by atoms with Gasteiger partial charge >= 0.3 is 0 Å². The highest BCUT2D eigenvalue weighted by Gasteiger charge is 2.41. The van der Waals surface area contributed by atoms with E-state index in [1.54, 1.807) is 0 Å². The third kappa shape index (κ3) is 6.04. The molecule has 8 heteroatoms. The number of rotatable bonds is 10. The number of carbonyl (C=O) groups excluding carboxylic acids is 1. The Morgan fingerprint density at radius 1 is 1.00 bits per heavy atom. The molecule has 5 rings (SSSR count). The minimum absolute atomic E-state index is 0.0396. The summed E-state index contributed by atoms with van der Waals surface area (Å²) in [6.45, 7) is 13.1. The number of aryl methyl sites for hydroxylation is 2. The van der Waals surface area contributed by atoms with Crippen molar-refractivity contribution in [3.63, 3.8) is 0 Å². The van der Waals surface area contributed by atoms with Gasteiger partial charge in [-0.05, 0) is 113 Å². The van der Waals surface area contributed by atoms with E-state index in [0.717, 1.165) is 47.1 Å². The number of amides is 1. The maximum atomic E-state index is 13.0. The Kier molecular flexibility index (Phi) is 8.92. The van der Waals surface area contributed by atoms with Gasteiger partial charge in [0.05, 0.1) is 17.8 Å². The van der Waals surface area contributed by atoms with E-state index in [4.69, 9.17) is 12.2 Å². The van der Waals surface area contributed by atoms with Gasteiger partial charge in [-0.25, -0.2) is 0 Å². The molecule has 218 valence electrons. The molecule has 0 radical (unpaired) electrons. The van der Waals surface area contributed by atoms with Crippen molar-refractivity contribution in [3.8, 4) is 5.69 Å². The van der Waals surface area contributed by atoms with Gasteiger partial charge in [0, 0.05) is 60.7 Å². The maximum Gasteiger partial charge on any atom is 0.226 e. The van der Waals surface area contributed by atoms with Crippen LogP contribution in [0.25, 0.3) is 5.69 Å². The summed E-state index contributed by atoms with van der Waals surface area (Å²) < 4.78 is 2.31. The standard InChI is InChI=1S/C34H40N6OS/c1-6-38(7-2)27-14-16-28(17-15-27)40-24(4)22-29(25(40)5)33-32(30-13-8-9-19-35-30)37-34(42)39(33)20-18-31(41)36-26-12-10-11-23(3)21-26/h8-17,19,21-22,32-33H,6-7,18,20H2,1-5H3,(H,36,41)(H,37,42)/t32-,33-/m0/s1. The van der Waals surface area contributed by atoms with Crippen LogP contribution >= 0.6 is 12.2 Å². The van der Waals surface area contributed by atoms with E-state index >= 15 is 0 Å². The van der Waals surface area contributed by atoms with Crippen LogP contribution in [0.15, 0.2) is 79.0 Å². The van der Waals surface area contributed by atoms with Crippen molar-refractivity contribution < 1.29 is 4.79 Å². The molecule has 1 amide bonds. The third-order valence-electron chi connectivity index (χ3n) is 8.10. The number of anilines is 2. The Labute approximate surface area is 254 Å². The first-order valence-corrected chi connectivity index (χ1v) is 15.1. The molecular weight excluding hydrogens is 540 g/mol. The van der Waals surface area contributed by atoms with Gasteiger partial charge in [0.15, 0.2) is 5.11 Å². The summed E-state index contributed by atoms with van der Waals surface area (Å²) in [7, 11) is 0. The predicted octanol–water partition coefficient (Wildman–Crippen LogP) is 6.65. The molecule has 42 heavy (non-hydrogen) atoms. The molecular formula is C34H40N6OS. The van der Waals surface area contributed by atoms with Crippen LogP contribution in [0.2, 0.25) is 0 Å². The van der Waals surface area contributed by atoms with Gasteiger partial charge in [-0.2, -0.15) is 0 Å². The van der Waals surface area contributed by atoms with Crippen molar-refractivity contribution in [2.45, 2.75) is 53.1 Å². The van der Waals surface area contributed by atoms with Crippen molar-refractivity contribution in [2.75, 3.05) is 29.9 Å². The topological polar surface area (TPSA) is 65.4 Å². The van der Waals surface area contributed by atoms with Crippen LogP contribution in [0.3, 0.4) is 0 Å². The molecule has 2 aromatic heterocycles. The smallest absolute Gasteiger partial charge is 0.226 e. The number of hydrogen-bond donors (Lipinski definition) is 2.